The monoisotopic (exact) mass is 941 g/mol. The Balaban J connectivity index is 1.25. The Morgan fingerprint density at radius 2 is 1.58 bits per heavy atom. The fourth-order valence-corrected chi connectivity index (χ4v) is 12.0. The molecule has 5 aliphatic heterocycles. The molecule has 5 N–H and O–H groups in total. The van der Waals surface area contributed by atoms with Gasteiger partial charge in [0.1, 0.15) is 17.6 Å². The second kappa shape index (κ2) is 21.3. The molecule has 5 heterocycles. The number of aliphatic hydroxyl groups excluding tert-OH is 1. The minimum atomic E-state index is -1.52. The molecule has 67 heavy (non-hydrogen) atoms. The summed E-state index contributed by atoms with van der Waals surface area (Å²) in [7, 11) is 1.54. The average Bonchev–Trinajstić information content (AvgIpc) is 3.65. The first-order valence-electron chi connectivity index (χ1n) is 25.1. The van der Waals surface area contributed by atoms with Crippen molar-refractivity contribution >= 4 is 23.6 Å². The predicted molar refractivity (Wildman–Crippen MR) is 249 cm³/mol. The molecular weight excluding hydrogens is 861 g/mol. The first kappa shape index (κ1) is 52.9. The Bertz CT molecular complexity index is 1950. The van der Waals surface area contributed by atoms with Crippen molar-refractivity contribution in [2.75, 3.05) is 7.11 Å². The van der Waals surface area contributed by atoms with Crippen molar-refractivity contribution in [2.24, 2.45) is 41.4 Å². The van der Waals surface area contributed by atoms with Gasteiger partial charge in [-0.2, -0.15) is 0 Å². The zero-order chi connectivity index (χ0) is 49.2. The lowest BCUT2D eigenvalue weighted by Gasteiger charge is -2.55. The smallest absolute Gasteiger partial charge is 0.309 e. The van der Waals surface area contributed by atoms with Crippen LogP contribution in [0.2, 0.25) is 0 Å². The van der Waals surface area contributed by atoms with Crippen LogP contribution < -0.4 is 15.4 Å². The number of methoxy groups -OCH3 is 1. The van der Waals surface area contributed by atoms with Crippen molar-refractivity contribution in [3.63, 3.8) is 0 Å². The lowest BCUT2D eigenvalue weighted by atomic mass is 9.72. The number of aliphatic hydroxyl groups is 2. The number of carboxylic acids is 1. The van der Waals surface area contributed by atoms with Gasteiger partial charge in [0.05, 0.1) is 60.9 Å². The molecular formula is C52H80N2O13. The zero-order valence-electron chi connectivity index (χ0n) is 41.7. The molecule has 0 bridgehead atoms. The van der Waals surface area contributed by atoms with E-state index in [4.69, 9.17) is 28.4 Å². The van der Waals surface area contributed by atoms with E-state index < -0.39 is 107 Å². The number of Topliss-reactive ketones (excluding diaryl/α,β-unsaturated/α-hetero) is 1. The average molecular weight is 941 g/mol. The molecule has 2 amide bonds. The molecule has 5 aliphatic rings. The van der Waals surface area contributed by atoms with E-state index in [0.717, 1.165) is 6.42 Å². The number of para-hydroxylation sites is 1. The SMILES string of the molecule is CC[C@@H](C(=O)[C@@H](C)[C@@H](O)[C@H](C)[C@@H]1O[C@@H]([C@@H](CC)C(=O)O)CC[C@@H]1C)[C@H]1O[C@]2(C=C[C@@H](NC(=O)C(=O)NCc3ccccc3OC)[C@]3(CC[C@@](C)([C@H]4CC[C@](O)(CC)[C@H](C)O4)O3)O2)[C@H](C)C[C@@H]1C. The number of ketones is 1. The van der Waals surface area contributed by atoms with Crippen molar-refractivity contribution in [2.45, 2.75) is 205 Å². The van der Waals surface area contributed by atoms with Crippen LogP contribution in [0.1, 0.15) is 139 Å². The van der Waals surface area contributed by atoms with Crippen LogP contribution in [0.25, 0.3) is 0 Å². The van der Waals surface area contributed by atoms with Gasteiger partial charge in [0, 0.05) is 42.2 Å². The van der Waals surface area contributed by atoms with Gasteiger partial charge in [0.15, 0.2) is 11.6 Å². The number of carboxylic acid groups (broad SMARTS) is 1. The van der Waals surface area contributed by atoms with Gasteiger partial charge < -0.3 is 54.4 Å². The van der Waals surface area contributed by atoms with Crippen LogP contribution in [-0.4, -0.2) is 111 Å². The second-order valence-electron chi connectivity index (χ2n) is 20.9. The summed E-state index contributed by atoms with van der Waals surface area (Å²) in [6.07, 6.45) is 5.40. The van der Waals surface area contributed by atoms with Crippen LogP contribution >= 0.6 is 0 Å². The molecule has 2 spiro atoms. The highest BCUT2D eigenvalue weighted by Crippen LogP contribution is 2.54. The van der Waals surface area contributed by atoms with E-state index in [9.17, 15) is 34.5 Å². The van der Waals surface area contributed by atoms with Gasteiger partial charge >= 0.3 is 17.8 Å². The van der Waals surface area contributed by atoms with Crippen LogP contribution in [-0.2, 0) is 49.4 Å². The van der Waals surface area contributed by atoms with Crippen molar-refractivity contribution in [3.05, 3.63) is 42.0 Å². The van der Waals surface area contributed by atoms with E-state index in [1.54, 1.807) is 31.2 Å². The first-order chi connectivity index (χ1) is 31.6. The lowest BCUT2D eigenvalue weighted by molar-refractivity contribution is -0.398. The number of nitrogens with one attached hydrogen (secondary N) is 2. The van der Waals surface area contributed by atoms with Crippen LogP contribution in [0.4, 0.5) is 0 Å². The van der Waals surface area contributed by atoms with Crippen molar-refractivity contribution in [1.82, 2.24) is 10.6 Å². The highest BCUT2D eigenvalue weighted by atomic mass is 16.8. The molecule has 0 saturated carbocycles. The van der Waals surface area contributed by atoms with Crippen LogP contribution in [0.3, 0.4) is 0 Å². The number of hydrogen-bond acceptors (Lipinski definition) is 12. The van der Waals surface area contributed by atoms with E-state index in [1.807, 2.05) is 60.6 Å². The maximum atomic E-state index is 14.7. The maximum absolute atomic E-state index is 14.7. The number of aliphatic carboxylic acids is 1. The molecule has 0 aliphatic carbocycles. The summed E-state index contributed by atoms with van der Waals surface area (Å²) in [6.45, 7) is 19.4. The van der Waals surface area contributed by atoms with Crippen LogP contribution in [0.15, 0.2) is 36.4 Å². The summed E-state index contributed by atoms with van der Waals surface area (Å²) in [4.78, 5) is 54.0. The predicted octanol–water partition coefficient (Wildman–Crippen LogP) is 6.64. The fourth-order valence-electron chi connectivity index (χ4n) is 12.0. The summed E-state index contributed by atoms with van der Waals surface area (Å²) < 4.78 is 39.9. The van der Waals surface area contributed by atoms with Crippen molar-refractivity contribution < 1.29 is 62.9 Å². The van der Waals surface area contributed by atoms with E-state index >= 15 is 0 Å². The molecule has 4 saturated heterocycles. The summed E-state index contributed by atoms with van der Waals surface area (Å²) in [5.74, 6) is -7.85. The Hall–Kier alpha value is -3.44. The molecule has 6 rings (SSSR count). The Labute approximate surface area is 397 Å². The van der Waals surface area contributed by atoms with E-state index in [2.05, 4.69) is 24.5 Å². The molecule has 0 aromatic heterocycles. The second-order valence-corrected chi connectivity index (χ2v) is 20.9. The van der Waals surface area contributed by atoms with Crippen LogP contribution in [0.5, 0.6) is 5.75 Å². The fraction of sp³-hybridized carbons (Fsp3) is 0.769. The number of amides is 2. The number of carbonyl (C=O) groups excluding carboxylic acids is 3. The summed E-state index contributed by atoms with van der Waals surface area (Å²) >= 11 is 0. The third-order valence-electron chi connectivity index (χ3n) is 16.6. The van der Waals surface area contributed by atoms with E-state index in [-0.39, 0.29) is 30.1 Å². The van der Waals surface area contributed by atoms with E-state index in [0.29, 0.717) is 69.1 Å². The topological polar surface area (TPSA) is 208 Å². The number of carbonyl (C=O) groups is 4. The number of rotatable bonds is 16. The maximum Gasteiger partial charge on any atom is 0.309 e. The third kappa shape index (κ3) is 10.7. The number of hydrogen-bond donors (Lipinski definition) is 5. The molecule has 18 atom stereocenters. The normalized spacial score (nSPS) is 38.7. The summed E-state index contributed by atoms with van der Waals surface area (Å²) in [5, 5.41) is 38.7. The molecule has 1 aromatic rings. The van der Waals surface area contributed by atoms with Gasteiger partial charge in [0.2, 0.25) is 0 Å². The van der Waals surface area contributed by atoms with Gasteiger partial charge in [-0.05, 0) is 95.6 Å². The molecule has 1 aromatic carbocycles. The van der Waals surface area contributed by atoms with Crippen molar-refractivity contribution in [1.29, 1.82) is 0 Å². The molecule has 15 nitrogen and oxygen atoms in total. The molecule has 4 fully saturated rings. The Kier molecular flexibility index (Phi) is 16.8. The minimum Gasteiger partial charge on any atom is -0.496 e. The highest BCUT2D eigenvalue weighted by molar-refractivity contribution is 6.35. The third-order valence-corrected chi connectivity index (χ3v) is 16.6. The number of ether oxygens (including phenoxy) is 6. The van der Waals surface area contributed by atoms with Gasteiger partial charge in [-0.3, -0.25) is 19.2 Å². The quantitative estimate of drug-likeness (QED) is 0.0872. The number of benzene rings is 1. The standard InChI is InChI=1S/C52H80N2O13/c1-12-36(48(59)60)39-20-19-29(4)44(64-39)33(8)42(55)32(7)43(56)37(13-2)45-30(5)27-31(6)51(65-45)24-21-40(54-47(58)46(57)53-28-35-17-15-16-18-38(35)62-11)52(67-51)26-25-49(10,66-52)41-22-23-50(61,14-3)34(9)63-41/h15-18,21,24,29-34,36-37,39-42,44-45,55,61H,12-14,19-20,22-23,25-28H2,1-11H3,(H,53,57)(H,54,58)(H,59,60)/t29-,30-,31+,32-,33-,34-,36+,37-,39+,40+,41+,42+,44+,45-,49-,50+,51-,52-/m0/s1. The molecule has 15 heteroatoms. The summed E-state index contributed by atoms with van der Waals surface area (Å²) in [6, 6.07) is 6.29. The summed E-state index contributed by atoms with van der Waals surface area (Å²) in [5.41, 5.74) is -1.17. The van der Waals surface area contributed by atoms with Gasteiger partial charge in [0.25, 0.3) is 0 Å². The van der Waals surface area contributed by atoms with Crippen molar-refractivity contribution in [3.8, 4) is 5.75 Å². The van der Waals surface area contributed by atoms with Crippen LogP contribution in [0, 0.1) is 41.4 Å². The van der Waals surface area contributed by atoms with Gasteiger partial charge in [-0.25, -0.2) is 0 Å². The van der Waals surface area contributed by atoms with Gasteiger partial charge in [-0.15, -0.1) is 0 Å². The molecule has 0 radical (unpaired) electrons. The molecule has 376 valence electrons. The highest BCUT2D eigenvalue weighted by Gasteiger charge is 2.63. The zero-order valence-corrected chi connectivity index (χ0v) is 41.7. The Morgan fingerprint density at radius 3 is 2.22 bits per heavy atom. The Morgan fingerprint density at radius 1 is 0.881 bits per heavy atom. The van der Waals surface area contributed by atoms with Gasteiger partial charge in [-0.1, -0.05) is 79.7 Å². The lowest BCUT2D eigenvalue weighted by Crippen LogP contribution is -2.66. The molecule has 0 unspecified atom stereocenters. The minimum absolute atomic E-state index is 0.0638. The van der Waals surface area contributed by atoms with E-state index in [1.165, 1.54) is 7.11 Å². The first-order valence-corrected chi connectivity index (χ1v) is 25.1. The largest absolute Gasteiger partial charge is 0.496 e.